The molecule has 0 spiro atoms. The van der Waals surface area contributed by atoms with Gasteiger partial charge in [0.05, 0.1) is 10.5 Å². The van der Waals surface area contributed by atoms with Crippen molar-refractivity contribution >= 4 is 22.5 Å². The first-order valence-electron chi connectivity index (χ1n) is 6.22. The Morgan fingerprint density at radius 1 is 1.41 bits per heavy atom. The maximum atomic E-state index is 6.35. The third kappa shape index (κ3) is 1.67. The van der Waals surface area contributed by atoms with E-state index in [0.29, 0.717) is 0 Å². The first-order valence-corrected chi connectivity index (χ1v) is 6.60. The van der Waals surface area contributed by atoms with Gasteiger partial charge in [0.15, 0.2) is 0 Å². The Hall–Kier alpha value is -0.990. The average molecular weight is 249 g/mol. The molecular weight excluding hydrogens is 232 g/mol. The van der Waals surface area contributed by atoms with E-state index in [1.165, 1.54) is 28.6 Å². The van der Waals surface area contributed by atoms with Crippen LogP contribution in [0, 0.1) is 0 Å². The smallest absolute Gasteiger partial charge is 0.0502 e. The van der Waals surface area contributed by atoms with Crippen molar-refractivity contribution in [2.45, 2.75) is 38.8 Å². The highest BCUT2D eigenvalue weighted by Gasteiger charge is 2.22. The van der Waals surface area contributed by atoms with Gasteiger partial charge in [0.25, 0.3) is 0 Å². The molecule has 1 heterocycles. The van der Waals surface area contributed by atoms with E-state index < -0.39 is 0 Å². The SMILES string of the molecule is C[C@H](N)Cn1c2c(c3c(Cl)cccc31)CCC2. The standard InChI is InChI=1S/C14H17ClN2/c1-9(16)8-17-12-6-2-4-10(12)14-11(15)5-3-7-13(14)17/h3,5,7,9H,2,4,6,8,16H2,1H3/t9-/m0/s1. The van der Waals surface area contributed by atoms with Gasteiger partial charge in [-0.3, -0.25) is 0 Å². The fourth-order valence-corrected chi connectivity index (χ4v) is 3.26. The Morgan fingerprint density at radius 2 is 2.24 bits per heavy atom. The van der Waals surface area contributed by atoms with Crippen LogP contribution in [0.25, 0.3) is 10.9 Å². The molecule has 0 saturated carbocycles. The van der Waals surface area contributed by atoms with Gasteiger partial charge in [-0.25, -0.2) is 0 Å². The van der Waals surface area contributed by atoms with Crippen molar-refractivity contribution in [3.05, 3.63) is 34.5 Å². The first-order chi connectivity index (χ1) is 8.18. The van der Waals surface area contributed by atoms with Crippen LogP contribution in [0.5, 0.6) is 0 Å². The summed E-state index contributed by atoms with van der Waals surface area (Å²) >= 11 is 6.35. The van der Waals surface area contributed by atoms with E-state index in [1.54, 1.807) is 0 Å². The van der Waals surface area contributed by atoms with Crippen molar-refractivity contribution < 1.29 is 0 Å². The Balaban J connectivity index is 2.30. The third-order valence-electron chi connectivity index (χ3n) is 3.57. The molecular formula is C14H17ClN2. The summed E-state index contributed by atoms with van der Waals surface area (Å²) in [5.74, 6) is 0. The molecule has 1 atom stereocenters. The number of rotatable bonds is 2. The van der Waals surface area contributed by atoms with Gasteiger partial charge in [0.1, 0.15) is 0 Å². The molecule has 1 aromatic heterocycles. The maximum Gasteiger partial charge on any atom is 0.0502 e. The molecule has 0 aliphatic heterocycles. The van der Waals surface area contributed by atoms with Crippen molar-refractivity contribution in [1.82, 2.24) is 4.57 Å². The van der Waals surface area contributed by atoms with Crippen LogP contribution in [0.2, 0.25) is 5.02 Å². The first kappa shape index (κ1) is 11.1. The molecule has 1 aromatic carbocycles. The molecule has 0 unspecified atom stereocenters. The number of nitrogens with two attached hydrogens (primary N) is 1. The number of hydrogen-bond donors (Lipinski definition) is 1. The summed E-state index contributed by atoms with van der Waals surface area (Å²) in [5.41, 5.74) is 10.1. The lowest BCUT2D eigenvalue weighted by molar-refractivity contribution is 0.588. The zero-order valence-electron chi connectivity index (χ0n) is 10.0. The summed E-state index contributed by atoms with van der Waals surface area (Å²) in [4.78, 5) is 0. The van der Waals surface area contributed by atoms with Crippen LogP contribution in [-0.2, 0) is 19.4 Å². The lowest BCUT2D eigenvalue weighted by Crippen LogP contribution is -2.23. The fourth-order valence-electron chi connectivity index (χ4n) is 2.97. The van der Waals surface area contributed by atoms with Crippen LogP contribution in [-0.4, -0.2) is 10.6 Å². The van der Waals surface area contributed by atoms with Gasteiger partial charge in [-0.05, 0) is 43.9 Å². The fraction of sp³-hybridized carbons (Fsp3) is 0.429. The van der Waals surface area contributed by atoms with E-state index in [0.717, 1.165) is 24.4 Å². The Kier molecular flexibility index (Phi) is 2.64. The summed E-state index contributed by atoms with van der Waals surface area (Å²) in [5, 5.41) is 2.13. The Labute approximate surface area is 106 Å². The van der Waals surface area contributed by atoms with Gasteiger partial charge < -0.3 is 10.3 Å². The van der Waals surface area contributed by atoms with Crippen molar-refractivity contribution in [1.29, 1.82) is 0 Å². The average Bonchev–Trinajstić information content (AvgIpc) is 2.82. The van der Waals surface area contributed by atoms with E-state index in [4.69, 9.17) is 17.3 Å². The number of aromatic nitrogens is 1. The predicted molar refractivity (Wildman–Crippen MR) is 72.6 cm³/mol. The number of benzene rings is 1. The second-order valence-electron chi connectivity index (χ2n) is 5.00. The normalized spacial score (nSPS) is 16.4. The van der Waals surface area contributed by atoms with E-state index in [9.17, 15) is 0 Å². The maximum absolute atomic E-state index is 6.35. The van der Waals surface area contributed by atoms with Gasteiger partial charge in [-0.2, -0.15) is 0 Å². The number of fused-ring (bicyclic) bond motifs is 3. The molecule has 0 fully saturated rings. The largest absolute Gasteiger partial charge is 0.343 e. The summed E-state index contributed by atoms with van der Waals surface area (Å²) in [7, 11) is 0. The van der Waals surface area contributed by atoms with Gasteiger partial charge >= 0.3 is 0 Å². The number of hydrogen-bond acceptors (Lipinski definition) is 1. The van der Waals surface area contributed by atoms with Crippen LogP contribution in [0.3, 0.4) is 0 Å². The second-order valence-corrected chi connectivity index (χ2v) is 5.41. The second kappa shape index (κ2) is 4.04. The summed E-state index contributed by atoms with van der Waals surface area (Å²) < 4.78 is 2.37. The van der Waals surface area contributed by atoms with Crippen molar-refractivity contribution in [3.63, 3.8) is 0 Å². The molecule has 0 bridgehead atoms. The van der Waals surface area contributed by atoms with E-state index in [2.05, 4.69) is 17.6 Å². The Morgan fingerprint density at radius 3 is 3.00 bits per heavy atom. The molecule has 17 heavy (non-hydrogen) atoms. The van der Waals surface area contributed by atoms with Crippen LogP contribution in [0.4, 0.5) is 0 Å². The minimum Gasteiger partial charge on any atom is -0.343 e. The van der Waals surface area contributed by atoms with E-state index in [1.807, 2.05) is 12.1 Å². The van der Waals surface area contributed by atoms with Gasteiger partial charge in [-0.1, -0.05) is 17.7 Å². The minimum atomic E-state index is 0.175. The minimum absolute atomic E-state index is 0.175. The molecule has 90 valence electrons. The van der Waals surface area contributed by atoms with Crippen LogP contribution >= 0.6 is 11.6 Å². The summed E-state index contributed by atoms with van der Waals surface area (Å²) in [6, 6.07) is 6.34. The van der Waals surface area contributed by atoms with Crippen LogP contribution < -0.4 is 5.73 Å². The van der Waals surface area contributed by atoms with Crippen molar-refractivity contribution in [2.75, 3.05) is 0 Å². The molecule has 2 aromatic rings. The Bertz CT molecular complexity index is 569. The number of aryl methyl sites for hydroxylation is 1. The lowest BCUT2D eigenvalue weighted by atomic mass is 10.1. The van der Waals surface area contributed by atoms with Gasteiger partial charge in [0.2, 0.25) is 0 Å². The molecule has 0 radical (unpaired) electrons. The molecule has 3 rings (SSSR count). The highest BCUT2D eigenvalue weighted by molar-refractivity contribution is 6.35. The monoisotopic (exact) mass is 248 g/mol. The lowest BCUT2D eigenvalue weighted by Gasteiger charge is -2.12. The topological polar surface area (TPSA) is 30.9 Å². The highest BCUT2D eigenvalue weighted by atomic mass is 35.5. The van der Waals surface area contributed by atoms with Crippen molar-refractivity contribution in [2.24, 2.45) is 5.73 Å². The molecule has 1 aliphatic carbocycles. The van der Waals surface area contributed by atoms with Gasteiger partial charge in [0, 0.05) is 23.7 Å². The molecule has 0 saturated heterocycles. The van der Waals surface area contributed by atoms with E-state index >= 15 is 0 Å². The van der Waals surface area contributed by atoms with Crippen LogP contribution in [0.1, 0.15) is 24.6 Å². The zero-order valence-corrected chi connectivity index (χ0v) is 10.8. The highest BCUT2D eigenvalue weighted by Crippen LogP contribution is 2.37. The van der Waals surface area contributed by atoms with Crippen LogP contribution in [0.15, 0.2) is 18.2 Å². The molecule has 3 heteroatoms. The van der Waals surface area contributed by atoms with Crippen molar-refractivity contribution in [3.8, 4) is 0 Å². The quantitative estimate of drug-likeness (QED) is 0.870. The molecule has 2 nitrogen and oxygen atoms in total. The predicted octanol–water partition coefficient (Wildman–Crippen LogP) is 3.13. The summed E-state index contributed by atoms with van der Waals surface area (Å²) in [6.45, 7) is 2.93. The van der Waals surface area contributed by atoms with E-state index in [-0.39, 0.29) is 6.04 Å². The molecule has 2 N–H and O–H groups in total. The summed E-state index contributed by atoms with van der Waals surface area (Å²) in [6.07, 6.45) is 3.55. The number of nitrogens with zero attached hydrogens (tertiary/aromatic N) is 1. The van der Waals surface area contributed by atoms with Gasteiger partial charge in [-0.15, -0.1) is 0 Å². The number of halogens is 1. The third-order valence-corrected chi connectivity index (χ3v) is 3.88. The molecule has 0 amide bonds. The zero-order chi connectivity index (χ0) is 12.0. The molecule has 1 aliphatic rings.